The van der Waals surface area contributed by atoms with E-state index in [1.165, 1.54) is 20.1 Å². The summed E-state index contributed by atoms with van der Waals surface area (Å²) in [6.07, 6.45) is 1.18. The summed E-state index contributed by atoms with van der Waals surface area (Å²) in [5.74, 6) is 0.0283. The SMILES string of the molecule is COc1cc(NC2=CC(=O)N(CCO)C2=O)ccc1-c1ccc(C(C)=O)o1. The second kappa shape index (κ2) is 7.46. The number of β-amino-alcohol motifs (C(OH)–C–C–N with tert-alkyl or cyclic N) is 1. The first-order valence-electron chi connectivity index (χ1n) is 8.19. The van der Waals surface area contributed by atoms with Crippen molar-refractivity contribution in [3.05, 3.63) is 47.9 Å². The number of rotatable bonds is 7. The molecule has 0 atom stereocenters. The summed E-state index contributed by atoms with van der Waals surface area (Å²) < 4.78 is 10.9. The fraction of sp³-hybridized carbons (Fsp3) is 0.211. The van der Waals surface area contributed by atoms with E-state index in [1.807, 2.05) is 0 Å². The number of benzene rings is 1. The second-order valence-electron chi connectivity index (χ2n) is 5.84. The van der Waals surface area contributed by atoms with E-state index in [4.69, 9.17) is 14.3 Å². The van der Waals surface area contributed by atoms with Crippen LogP contribution >= 0.6 is 0 Å². The summed E-state index contributed by atoms with van der Waals surface area (Å²) >= 11 is 0. The molecule has 1 aliphatic heterocycles. The van der Waals surface area contributed by atoms with Crippen LogP contribution in [0.4, 0.5) is 5.69 Å². The Morgan fingerprint density at radius 2 is 2.04 bits per heavy atom. The van der Waals surface area contributed by atoms with Crippen molar-refractivity contribution < 1.29 is 28.6 Å². The lowest BCUT2D eigenvalue weighted by atomic mass is 10.1. The smallest absolute Gasteiger partial charge is 0.277 e. The molecule has 8 heteroatoms. The molecule has 0 radical (unpaired) electrons. The lowest BCUT2D eigenvalue weighted by Gasteiger charge is -2.14. The van der Waals surface area contributed by atoms with Crippen LogP contribution in [0.3, 0.4) is 0 Å². The number of amides is 2. The van der Waals surface area contributed by atoms with Crippen LogP contribution in [0.1, 0.15) is 17.5 Å². The Balaban J connectivity index is 1.84. The molecule has 0 fully saturated rings. The Bertz CT molecular complexity index is 943. The summed E-state index contributed by atoms with van der Waals surface area (Å²) in [5, 5.41) is 11.8. The first-order chi connectivity index (χ1) is 12.9. The van der Waals surface area contributed by atoms with Gasteiger partial charge < -0.3 is 19.6 Å². The van der Waals surface area contributed by atoms with Crippen LogP contribution in [-0.2, 0) is 9.59 Å². The highest BCUT2D eigenvalue weighted by atomic mass is 16.5. The van der Waals surface area contributed by atoms with Gasteiger partial charge in [-0.1, -0.05) is 0 Å². The Kier molecular flexibility index (Phi) is 5.09. The number of nitrogens with zero attached hydrogens (tertiary/aromatic N) is 1. The van der Waals surface area contributed by atoms with Crippen molar-refractivity contribution in [2.75, 3.05) is 25.6 Å². The Labute approximate surface area is 155 Å². The lowest BCUT2D eigenvalue weighted by Crippen LogP contribution is -2.34. The highest BCUT2D eigenvalue weighted by Gasteiger charge is 2.30. The second-order valence-corrected chi connectivity index (χ2v) is 5.84. The number of anilines is 1. The molecule has 0 bridgehead atoms. The summed E-state index contributed by atoms with van der Waals surface area (Å²) in [6.45, 7) is 1.06. The Morgan fingerprint density at radius 1 is 1.26 bits per heavy atom. The van der Waals surface area contributed by atoms with Gasteiger partial charge in [-0.05, 0) is 24.3 Å². The first kappa shape index (κ1) is 18.4. The van der Waals surface area contributed by atoms with Gasteiger partial charge >= 0.3 is 0 Å². The molecule has 140 valence electrons. The van der Waals surface area contributed by atoms with Gasteiger partial charge in [-0.2, -0.15) is 0 Å². The molecular formula is C19H18N2O6. The van der Waals surface area contributed by atoms with E-state index in [-0.39, 0.29) is 30.4 Å². The predicted octanol–water partition coefficient (Wildman–Crippen LogP) is 1.81. The molecule has 8 nitrogen and oxygen atoms in total. The maximum absolute atomic E-state index is 12.2. The molecule has 2 heterocycles. The van der Waals surface area contributed by atoms with E-state index in [0.29, 0.717) is 22.8 Å². The number of imide groups is 1. The number of ketones is 1. The average Bonchev–Trinajstić information content (AvgIpc) is 3.23. The lowest BCUT2D eigenvalue weighted by molar-refractivity contribution is -0.137. The first-order valence-corrected chi connectivity index (χ1v) is 8.19. The molecular weight excluding hydrogens is 352 g/mol. The maximum atomic E-state index is 12.2. The summed E-state index contributed by atoms with van der Waals surface area (Å²) in [4.78, 5) is 36.4. The number of hydrogen-bond acceptors (Lipinski definition) is 7. The van der Waals surface area contributed by atoms with Crippen molar-refractivity contribution in [1.29, 1.82) is 0 Å². The highest BCUT2D eigenvalue weighted by Crippen LogP contribution is 2.34. The van der Waals surface area contributed by atoms with E-state index in [2.05, 4.69) is 5.32 Å². The van der Waals surface area contributed by atoms with Crippen molar-refractivity contribution >= 4 is 23.3 Å². The van der Waals surface area contributed by atoms with E-state index in [0.717, 1.165) is 4.90 Å². The number of hydrogen-bond donors (Lipinski definition) is 2. The van der Waals surface area contributed by atoms with Crippen molar-refractivity contribution in [3.8, 4) is 17.1 Å². The fourth-order valence-electron chi connectivity index (χ4n) is 2.71. The molecule has 1 aromatic heterocycles. The van der Waals surface area contributed by atoms with Gasteiger partial charge in [0, 0.05) is 24.8 Å². The number of methoxy groups -OCH3 is 1. The van der Waals surface area contributed by atoms with Crippen LogP contribution < -0.4 is 10.1 Å². The fourth-order valence-corrected chi connectivity index (χ4v) is 2.71. The van der Waals surface area contributed by atoms with Crippen molar-refractivity contribution in [2.24, 2.45) is 0 Å². The number of aliphatic hydroxyl groups is 1. The molecule has 2 amide bonds. The number of nitrogens with one attached hydrogen (secondary N) is 1. The maximum Gasteiger partial charge on any atom is 0.277 e. The number of furan rings is 1. The van der Waals surface area contributed by atoms with Crippen LogP contribution in [0, 0.1) is 0 Å². The normalized spacial score (nSPS) is 13.7. The van der Waals surface area contributed by atoms with Gasteiger partial charge in [0.15, 0.2) is 11.5 Å². The van der Waals surface area contributed by atoms with Crippen LogP contribution in [0.5, 0.6) is 5.75 Å². The quantitative estimate of drug-likeness (QED) is 0.565. The monoisotopic (exact) mass is 370 g/mol. The molecule has 0 saturated heterocycles. The molecule has 0 aliphatic carbocycles. The van der Waals surface area contributed by atoms with E-state index < -0.39 is 11.8 Å². The number of Topliss-reactive ketones (excluding diaryl/α,β-unsaturated/α-hetero) is 1. The molecule has 3 rings (SSSR count). The third-order valence-corrected chi connectivity index (χ3v) is 4.03. The topological polar surface area (TPSA) is 109 Å². The zero-order valence-electron chi connectivity index (χ0n) is 14.8. The van der Waals surface area contributed by atoms with E-state index in [9.17, 15) is 14.4 Å². The van der Waals surface area contributed by atoms with Gasteiger partial charge in [-0.3, -0.25) is 19.3 Å². The van der Waals surface area contributed by atoms with Crippen molar-refractivity contribution in [3.63, 3.8) is 0 Å². The molecule has 0 unspecified atom stereocenters. The third kappa shape index (κ3) is 3.61. The van der Waals surface area contributed by atoms with Crippen LogP contribution in [0.25, 0.3) is 11.3 Å². The number of ether oxygens (including phenoxy) is 1. The Morgan fingerprint density at radius 3 is 2.67 bits per heavy atom. The highest BCUT2D eigenvalue weighted by molar-refractivity contribution is 6.17. The summed E-state index contributed by atoms with van der Waals surface area (Å²) in [5.41, 5.74) is 1.28. The van der Waals surface area contributed by atoms with Gasteiger partial charge in [0.25, 0.3) is 11.8 Å². The van der Waals surface area contributed by atoms with Gasteiger partial charge in [0.05, 0.1) is 25.8 Å². The van der Waals surface area contributed by atoms with Crippen LogP contribution in [0.2, 0.25) is 0 Å². The summed E-state index contributed by atoms with van der Waals surface area (Å²) in [6, 6.07) is 8.33. The zero-order chi connectivity index (χ0) is 19.6. The molecule has 1 aromatic carbocycles. The molecule has 1 aliphatic rings. The minimum Gasteiger partial charge on any atom is -0.496 e. The van der Waals surface area contributed by atoms with Crippen molar-refractivity contribution in [1.82, 2.24) is 4.90 Å². The van der Waals surface area contributed by atoms with Gasteiger partial charge in [-0.25, -0.2) is 0 Å². The largest absolute Gasteiger partial charge is 0.496 e. The molecule has 27 heavy (non-hydrogen) atoms. The average molecular weight is 370 g/mol. The number of carbonyl (C=O) groups is 3. The molecule has 0 spiro atoms. The minimum absolute atomic E-state index is 0.0570. The number of carbonyl (C=O) groups excluding carboxylic acids is 3. The number of aliphatic hydroxyl groups excluding tert-OH is 1. The van der Waals surface area contributed by atoms with E-state index in [1.54, 1.807) is 30.3 Å². The predicted molar refractivity (Wildman–Crippen MR) is 96.2 cm³/mol. The van der Waals surface area contributed by atoms with E-state index >= 15 is 0 Å². The molecule has 2 N–H and O–H groups in total. The van der Waals surface area contributed by atoms with Gasteiger partial charge in [-0.15, -0.1) is 0 Å². The molecule has 2 aromatic rings. The zero-order valence-corrected chi connectivity index (χ0v) is 14.8. The van der Waals surface area contributed by atoms with Gasteiger partial charge in [0.2, 0.25) is 0 Å². The van der Waals surface area contributed by atoms with Gasteiger partial charge in [0.1, 0.15) is 17.2 Å². The van der Waals surface area contributed by atoms with Crippen LogP contribution in [0.15, 0.2) is 46.5 Å². The summed E-state index contributed by atoms with van der Waals surface area (Å²) in [7, 11) is 1.49. The third-order valence-electron chi connectivity index (χ3n) is 4.03. The standard InChI is InChI=1S/C19H18N2O6/c1-11(23)15-5-6-16(27-15)13-4-3-12(9-17(13)26-2)20-14-10-18(24)21(7-8-22)19(14)25/h3-6,9-10,20,22H,7-8H2,1-2H3. The Hall–Kier alpha value is -3.39. The minimum atomic E-state index is -0.505. The van der Waals surface area contributed by atoms with Crippen molar-refractivity contribution in [2.45, 2.75) is 6.92 Å². The van der Waals surface area contributed by atoms with Crippen LogP contribution in [-0.4, -0.2) is 47.9 Å². The molecule has 0 saturated carbocycles.